The van der Waals surface area contributed by atoms with Gasteiger partial charge in [-0.15, -0.1) is 0 Å². The fourth-order valence-electron chi connectivity index (χ4n) is 2.63. The molecular formula is C13H21N3O2S. The molecule has 19 heavy (non-hydrogen) atoms. The molecule has 1 aliphatic heterocycles. The topological polar surface area (TPSA) is 75.4 Å². The van der Waals surface area contributed by atoms with Gasteiger partial charge in [0.1, 0.15) is 4.90 Å². The van der Waals surface area contributed by atoms with E-state index < -0.39 is 10.0 Å². The van der Waals surface area contributed by atoms with E-state index in [0.29, 0.717) is 5.92 Å². The van der Waals surface area contributed by atoms with Crippen molar-refractivity contribution >= 4 is 15.7 Å². The average Bonchev–Trinajstić information content (AvgIpc) is 2.39. The molecule has 1 aromatic carbocycles. The first-order valence-corrected chi connectivity index (χ1v) is 8.08. The van der Waals surface area contributed by atoms with Crippen molar-refractivity contribution in [2.45, 2.75) is 17.7 Å². The zero-order valence-electron chi connectivity index (χ0n) is 11.2. The van der Waals surface area contributed by atoms with Crippen LogP contribution >= 0.6 is 0 Å². The lowest BCUT2D eigenvalue weighted by Crippen LogP contribution is -2.37. The molecule has 0 atom stereocenters. The number of hydrogen-bond donors (Lipinski definition) is 2. The molecule has 0 saturated carbocycles. The van der Waals surface area contributed by atoms with E-state index in [0.717, 1.165) is 38.2 Å². The average molecular weight is 283 g/mol. The third-order valence-electron chi connectivity index (χ3n) is 3.62. The predicted molar refractivity (Wildman–Crippen MR) is 76.7 cm³/mol. The number of piperidine rings is 1. The molecule has 0 unspecified atom stereocenters. The highest BCUT2D eigenvalue weighted by molar-refractivity contribution is 7.89. The second-order valence-corrected chi connectivity index (χ2v) is 6.53. The van der Waals surface area contributed by atoms with Gasteiger partial charge >= 0.3 is 0 Å². The van der Waals surface area contributed by atoms with E-state index in [4.69, 9.17) is 5.14 Å². The lowest BCUT2D eigenvalue weighted by Gasteiger charge is -2.34. The molecule has 106 valence electrons. The van der Waals surface area contributed by atoms with Crippen LogP contribution in [0.2, 0.25) is 0 Å². The quantitative estimate of drug-likeness (QED) is 0.856. The number of anilines is 1. The summed E-state index contributed by atoms with van der Waals surface area (Å²) in [5, 5.41) is 8.47. The fourth-order valence-corrected chi connectivity index (χ4v) is 3.38. The van der Waals surface area contributed by atoms with E-state index in [1.807, 2.05) is 19.2 Å². The van der Waals surface area contributed by atoms with Crippen LogP contribution in [-0.2, 0) is 10.0 Å². The minimum absolute atomic E-state index is 0.224. The Kier molecular flexibility index (Phi) is 4.44. The smallest absolute Gasteiger partial charge is 0.240 e. The number of primary sulfonamides is 1. The van der Waals surface area contributed by atoms with Gasteiger partial charge in [-0.2, -0.15) is 0 Å². The Balaban J connectivity index is 2.16. The molecule has 0 aliphatic carbocycles. The van der Waals surface area contributed by atoms with Crippen LogP contribution in [0.15, 0.2) is 29.2 Å². The number of sulfonamides is 1. The standard InChI is InChI=1S/C13H21N3O2S/c1-15-10-11-6-8-16(9-7-11)12-4-2-3-5-13(12)19(14,17)18/h2-5,11,15H,6-10H2,1H3,(H2,14,17,18). The molecule has 6 heteroatoms. The van der Waals surface area contributed by atoms with Crippen molar-refractivity contribution in [2.24, 2.45) is 11.1 Å². The summed E-state index contributed by atoms with van der Waals surface area (Å²) in [5.74, 6) is 0.669. The summed E-state index contributed by atoms with van der Waals surface area (Å²) in [6, 6.07) is 6.96. The summed E-state index contributed by atoms with van der Waals surface area (Å²) >= 11 is 0. The van der Waals surface area contributed by atoms with Gasteiger partial charge in [0.05, 0.1) is 5.69 Å². The summed E-state index contributed by atoms with van der Waals surface area (Å²) in [6.45, 7) is 2.77. The summed E-state index contributed by atoms with van der Waals surface area (Å²) in [7, 11) is -1.70. The second kappa shape index (κ2) is 5.90. The van der Waals surface area contributed by atoms with Gasteiger partial charge in [-0.05, 0) is 44.5 Å². The number of nitrogens with two attached hydrogens (primary N) is 1. The van der Waals surface area contributed by atoms with Crippen LogP contribution in [0.5, 0.6) is 0 Å². The van der Waals surface area contributed by atoms with Crippen LogP contribution in [0.4, 0.5) is 5.69 Å². The third-order valence-corrected chi connectivity index (χ3v) is 4.58. The van der Waals surface area contributed by atoms with Crippen molar-refractivity contribution < 1.29 is 8.42 Å². The largest absolute Gasteiger partial charge is 0.370 e. The Morgan fingerprint density at radius 2 is 1.95 bits per heavy atom. The number of para-hydroxylation sites is 1. The van der Waals surface area contributed by atoms with Crippen molar-refractivity contribution in [1.29, 1.82) is 0 Å². The molecule has 0 amide bonds. The van der Waals surface area contributed by atoms with E-state index in [2.05, 4.69) is 10.2 Å². The first-order valence-electron chi connectivity index (χ1n) is 6.53. The lowest BCUT2D eigenvalue weighted by atomic mass is 9.96. The molecule has 1 fully saturated rings. The van der Waals surface area contributed by atoms with Crippen LogP contribution in [0.1, 0.15) is 12.8 Å². The highest BCUT2D eigenvalue weighted by Gasteiger charge is 2.23. The molecule has 3 N–H and O–H groups in total. The van der Waals surface area contributed by atoms with Gasteiger partial charge in [0.25, 0.3) is 0 Å². The van der Waals surface area contributed by atoms with Crippen LogP contribution in [0.3, 0.4) is 0 Å². The molecule has 1 saturated heterocycles. The van der Waals surface area contributed by atoms with Gasteiger partial charge in [-0.25, -0.2) is 13.6 Å². The molecule has 1 heterocycles. The maximum atomic E-state index is 11.6. The molecule has 1 aliphatic rings. The van der Waals surface area contributed by atoms with E-state index in [1.54, 1.807) is 12.1 Å². The molecule has 0 spiro atoms. The maximum absolute atomic E-state index is 11.6. The lowest BCUT2D eigenvalue weighted by molar-refractivity contribution is 0.393. The molecular weight excluding hydrogens is 262 g/mol. The van der Waals surface area contributed by atoms with Crippen molar-refractivity contribution in [1.82, 2.24) is 5.32 Å². The third kappa shape index (κ3) is 3.46. The second-order valence-electron chi connectivity index (χ2n) is 5.00. The minimum Gasteiger partial charge on any atom is -0.370 e. The maximum Gasteiger partial charge on any atom is 0.240 e. The van der Waals surface area contributed by atoms with Gasteiger partial charge in [-0.3, -0.25) is 0 Å². The normalized spacial score (nSPS) is 17.7. The zero-order chi connectivity index (χ0) is 13.9. The highest BCUT2D eigenvalue weighted by Crippen LogP contribution is 2.28. The Bertz CT molecular complexity index is 522. The van der Waals surface area contributed by atoms with Gasteiger partial charge < -0.3 is 10.2 Å². The Hall–Kier alpha value is -1.11. The van der Waals surface area contributed by atoms with Crippen molar-refractivity contribution in [3.63, 3.8) is 0 Å². The fraction of sp³-hybridized carbons (Fsp3) is 0.538. The van der Waals surface area contributed by atoms with Crippen molar-refractivity contribution in [3.05, 3.63) is 24.3 Å². The van der Waals surface area contributed by atoms with E-state index in [1.165, 1.54) is 0 Å². The van der Waals surface area contributed by atoms with Crippen LogP contribution in [0.25, 0.3) is 0 Å². The summed E-state index contributed by atoms with van der Waals surface area (Å²) in [4.78, 5) is 2.34. The summed E-state index contributed by atoms with van der Waals surface area (Å²) in [5.41, 5.74) is 0.730. The zero-order valence-corrected chi connectivity index (χ0v) is 12.0. The van der Waals surface area contributed by atoms with Gasteiger partial charge in [0.2, 0.25) is 10.0 Å². The SMILES string of the molecule is CNCC1CCN(c2ccccc2S(N)(=O)=O)CC1. The Labute approximate surface area is 114 Å². The first-order chi connectivity index (χ1) is 9.02. The van der Waals surface area contributed by atoms with Gasteiger partial charge in [0, 0.05) is 13.1 Å². The number of benzene rings is 1. The minimum atomic E-state index is -3.66. The number of nitrogens with one attached hydrogen (secondary N) is 1. The van der Waals surface area contributed by atoms with Crippen molar-refractivity contribution in [3.8, 4) is 0 Å². The number of rotatable bonds is 4. The molecule has 2 rings (SSSR count). The highest BCUT2D eigenvalue weighted by atomic mass is 32.2. The first kappa shape index (κ1) is 14.3. The molecule has 5 nitrogen and oxygen atoms in total. The molecule has 0 bridgehead atoms. The molecule has 1 aromatic rings. The van der Waals surface area contributed by atoms with E-state index in [-0.39, 0.29) is 4.90 Å². The Morgan fingerprint density at radius 1 is 1.32 bits per heavy atom. The van der Waals surface area contributed by atoms with E-state index >= 15 is 0 Å². The van der Waals surface area contributed by atoms with Crippen LogP contribution < -0.4 is 15.4 Å². The predicted octanol–water partition coefficient (Wildman–Crippen LogP) is 0.770. The van der Waals surface area contributed by atoms with Gasteiger partial charge in [0.15, 0.2) is 0 Å². The molecule has 0 aromatic heterocycles. The molecule has 0 radical (unpaired) electrons. The van der Waals surface area contributed by atoms with Crippen LogP contribution in [0, 0.1) is 5.92 Å². The van der Waals surface area contributed by atoms with Crippen molar-refractivity contribution in [2.75, 3.05) is 31.6 Å². The summed E-state index contributed by atoms with van der Waals surface area (Å²) < 4.78 is 23.2. The van der Waals surface area contributed by atoms with E-state index in [9.17, 15) is 8.42 Å². The number of hydrogen-bond acceptors (Lipinski definition) is 4. The monoisotopic (exact) mass is 283 g/mol. The van der Waals surface area contributed by atoms with Gasteiger partial charge in [-0.1, -0.05) is 12.1 Å². The Morgan fingerprint density at radius 3 is 2.53 bits per heavy atom. The summed E-state index contributed by atoms with van der Waals surface area (Å²) in [6.07, 6.45) is 2.14. The van der Waals surface area contributed by atoms with Crippen LogP contribution in [-0.4, -0.2) is 35.1 Å². The number of nitrogens with zero attached hydrogens (tertiary/aromatic N) is 1.